The van der Waals surface area contributed by atoms with Crippen molar-refractivity contribution in [2.45, 2.75) is 55.2 Å². The fraction of sp³-hybridized carbons (Fsp3) is 0.550. The molecule has 0 unspecified atom stereocenters. The van der Waals surface area contributed by atoms with E-state index in [1.807, 2.05) is 0 Å². The van der Waals surface area contributed by atoms with Gasteiger partial charge in [-0.25, -0.2) is 17.8 Å². The normalized spacial score (nSPS) is 16.4. The van der Waals surface area contributed by atoms with E-state index in [4.69, 9.17) is 17.3 Å². The third-order valence-corrected chi connectivity index (χ3v) is 8.24. The number of halogens is 2. The molecular weight excluding hydrogens is 433 g/mol. The Bertz CT molecular complexity index is 899. The summed E-state index contributed by atoms with van der Waals surface area (Å²) < 4.78 is 39.6. The van der Waals surface area contributed by atoms with Crippen LogP contribution in [-0.4, -0.2) is 44.0 Å². The van der Waals surface area contributed by atoms with Crippen LogP contribution in [0.25, 0.3) is 0 Å². The first-order chi connectivity index (χ1) is 13.8. The molecule has 0 bridgehead atoms. The lowest BCUT2D eigenvalue weighted by atomic mass is 10.0. The zero-order valence-corrected chi connectivity index (χ0v) is 18.7. The van der Waals surface area contributed by atoms with Crippen molar-refractivity contribution in [1.29, 1.82) is 0 Å². The van der Waals surface area contributed by atoms with Crippen LogP contribution in [0.15, 0.2) is 28.6 Å². The topological polar surface area (TPSA) is 76.3 Å². The lowest BCUT2D eigenvalue weighted by molar-refractivity contribution is 0.209. The molecule has 29 heavy (non-hydrogen) atoms. The molecule has 2 aromatic rings. The summed E-state index contributed by atoms with van der Waals surface area (Å²) in [6.45, 7) is 3.19. The van der Waals surface area contributed by atoms with E-state index in [0.717, 1.165) is 51.7 Å². The maximum Gasteiger partial charge on any atom is 0.187 e. The number of aryl methyl sites for hydroxylation is 1. The molecule has 1 aliphatic heterocycles. The average Bonchev–Trinajstić information content (AvgIpc) is 3.17. The van der Waals surface area contributed by atoms with Crippen molar-refractivity contribution in [1.82, 2.24) is 9.88 Å². The highest BCUT2D eigenvalue weighted by atomic mass is 35.5. The predicted octanol–water partition coefficient (Wildman–Crippen LogP) is 4.05. The first kappa shape index (κ1) is 22.6. The van der Waals surface area contributed by atoms with Crippen LogP contribution in [0.3, 0.4) is 0 Å². The van der Waals surface area contributed by atoms with E-state index in [2.05, 4.69) is 9.88 Å². The number of hydrogen-bond donors (Lipinski definition) is 1. The van der Waals surface area contributed by atoms with Gasteiger partial charge in [0.2, 0.25) is 0 Å². The van der Waals surface area contributed by atoms with Gasteiger partial charge in [0.1, 0.15) is 21.5 Å². The van der Waals surface area contributed by atoms with Crippen molar-refractivity contribution in [3.63, 3.8) is 0 Å². The molecule has 3 rings (SSSR count). The quantitative estimate of drug-likeness (QED) is 0.572. The van der Waals surface area contributed by atoms with Gasteiger partial charge in [-0.3, -0.25) is 0 Å². The second-order valence-corrected chi connectivity index (χ2v) is 10.9. The molecule has 0 radical (unpaired) electrons. The van der Waals surface area contributed by atoms with Gasteiger partial charge in [0.05, 0.1) is 0 Å². The summed E-state index contributed by atoms with van der Waals surface area (Å²) in [6, 6.07) is 2.85. The second-order valence-electron chi connectivity index (χ2n) is 7.55. The third-order valence-electron chi connectivity index (χ3n) is 5.29. The Balaban J connectivity index is 1.51. The number of unbranched alkanes of at least 4 members (excludes halogenated alkanes) is 2. The molecule has 0 spiro atoms. The number of nitrogens with two attached hydrogens (primary N) is 1. The highest BCUT2D eigenvalue weighted by molar-refractivity contribution is 7.90. The zero-order chi connectivity index (χ0) is 20.9. The number of thiazole rings is 1. The molecule has 1 saturated heterocycles. The summed E-state index contributed by atoms with van der Waals surface area (Å²) in [4.78, 5) is 6.05. The van der Waals surface area contributed by atoms with Crippen LogP contribution in [0.1, 0.15) is 42.7 Å². The summed E-state index contributed by atoms with van der Waals surface area (Å²) in [5, 5.41) is 2.42. The molecule has 0 aliphatic carbocycles. The van der Waals surface area contributed by atoms with Crippen LogP contribution < -0.4 is 5.73 Å². The molecule has 0 amide bonds. The number of benzene rings is 1. The van der Waals surface area contributed by atoms with Crippen LogP contribution in [0.5, 0.6) is 0 Å². The van der Waals surface area contributed by atoms with E-state index in [1.165, 1.54) is 29.7 Å². The van der Waals surface area contributed by atoms with E-state index >= 15 is 0 Å². The Labute approximate surface area is 181 Å². The molecular formula is C20H27ClFN3O2S2. The summed E-state index contributed by atoms with van der Waals surface area (Å²) >= 11 is 7.50. The van der Waals surface area contributed by atoms with Gasteiger partial charge in [-0.05, 0) is 69.4 Å². The molecule has 5 nitrogen and oxygen atoms in total. The van der Waals surface area contributed by atoms with Crippen molar-refractivity contribution < 1.29 is 12.8 Å². The standard InChI is InChI=1S/C20H27ClFN3O2S2/c21-17-13-19(29(26,27)14-20-24-7-11-28-20)18(22)12-15(17)4-2-1-3-8-25-9-5-16(23)6-10-25/h7,11-13,16H,1-6,8-10,14,23H2. The number of piperidine rings is 1. The van der Waals surface area contributed by atoms with E-state index in [1.54, 1.807) is 5.38 Å². The molecule has 0 saturated carbocycles. The Kier molecular flexibility index (Phi) is 8.04. The lowest BCUT2D eigenvalue weighted by Gasteiger charge is -2.29. The number of hydrogen-bond acceptors (Lipinski definition) is 6. The molecule has 1 fully saturated rings. The lowest BCUT2D eigenvalue weighted by Crippen LogP contribution is -2.39. The fourth-order valence-corrected chi connectivity index (χ4v) is 6.24. The summed E-state index contributed by atoms with van der Waals surface area (Å²) in [6.07, 6.45) is 7.27. The Morgan fingerprint density at radius 1 is 1.24 bits per heavy atom. The molecule has 1 aromatic heterocycles. The molecule has 1 aliphatic rings. The summed E-state index contributed by atoms with van der Waals surface area (Å²) in [7, 11) is -3.82. The number of sulfone groups is 1. The summed E-state index contributed by atoms with van der Waals surface area (Å²) in [5.41, 5.74) is 6.58. The van der Waals surface area contributed by atoms with E-state index < -0.39 is 15.7 Å². The van der Waals surface area contributed by atoms with Gasteiger partial charge in [0, 0.05) is 22.6 Å². The minimum Gasteiger partial charge on any atom is -0.328 e. The van der Waals surface area contributed by atoms with E-state index in [9.17, 15) is 12.8 Å². The number of rotatable bonds is 9. The van der Waals surface area contributed by atoms with Gasteiger partial charge < -0.3 is 10.6 Å². The first-order valence-electron chi connectivity index (χ1n) is 9.92. The van der Waals surface area contributed by atoms with Crippen molar-refractivity contribution in [2.24, 2.45) is 5.73 Å². The monoisotopic (exact) mass is 459 g/mol. The average molecular weight is 460 g/mol. The molecule has 2 heterocycles. The Hall–Kier alpha value is -1.06. The van der Waals surface area contributed by atoms with Gasteiger partial charge in [-0.1, -0.05) is 18.0 Å². The van der Waals surface area contributed by atoms with Crippen molar-refractivity contribution in [3.05, 3.63) is 45.1 Å². The minimum absolute atomic E-state index is 0.300. The van der Waals surface area contributed by atoms with Crippen LogP contribution in [0, 0.1) is 5.82 Å². The van der Waals surface area contributed by atoms with Crippen LogP contribution in [0.4, 0.5) is 4.39 Å². The van der Waals surface area contributed by atoms with Gasteiger partial charge in [0.25, 0.3) is 0 Å². The second kappa shape index (κ2) is 10.3. The maximum atomic E-state index is 14.5. The molecule has 1 aromatic carbocycles. The smallest absolute Gasteiger partial charge is 0.187 e. The number of nitrogens with zero attached hydrogens (tertiary/aromatic N) is 2. The Morgan fingerprint density at radius 3 is 2.69 bits per heavy atom. The van der Waals surface area contributed by atoms with Crippen LogP contribution in [-0.2, 0) is 22.0 Å². The zero-order valence-electron chi connectivity index (χ0n) is 16.3. The van der Waals surface area contributed by atoms with Gasteiger partial charge in [-0.15, -0.1) is 11.3 Å². The van der Waals surface area contributed by atoms with Gasteiger partial charge in [-0.2, -0.15) is 0 Å². The molecule has 160 valence electrons. The Morgan fingerprint density at radius 2 is 2.00 bits per heavy atom. The van der Waals surface area contributed by atoms with Crippen molar-refractivity contribution >= 4 is 32.8 Å². The summed E-state index contributed by atoms with van der Waals surface area (Å²) in [5.74, 6) is -1.07. The predicted molar refractivity (Wildman–Crippen MR) is 116 cm³/mol. The van der Waals surface area contributed by atoms with Gasteiger partial charge in [0.15, 0.2) is 9.84 Å². The molecule has 0 atom stereocenters. The number of likely N-dealkylation sites (tertiary alicyclic amines) is 1. The molecule has 9 heteroatoms. The third kappa shape index (κ3) is 6.46. The van der Waals surface area contributed by atoms with Crippen molar-refractivity contribution in [3.8, 4) is 0 Å². The van der Waals surface area contributed by atoms with Crippen molar-refractivity contribution in [2.75, 3.05) is 19.6 Å². The highest BCUT2D eigenvalue weighted by Crippen LogP contribution is 2.28. The van der Waals surface area contributed by atoms with Crippen LogP contribution in [0.2, 0.25) is 5.02 Å². The fourth-order valence-electron chi connectivity index (χ4n) is 3.57. The van der Waals surface area contributed by atoms with Crippen LogP contribution >= 0.6 is 22.9 Å². The maximum absolute atomic E-state index is 14.5. The first-order valence-corrected chi connectivity index (χ1v) is 12.8. The largest absolute Gasteiger partial charge is 0.328 e. The minimum atomic E-state index is -3.82. The number of aromatic nitrogens is 1. The molecule has 2 N–H and O–H groups in total. The van der Waals surface area contributed by atoms with E-state index in [0.29, 0.717) is 28.1 Å². The van der Waals surface area contributed by atoms with Gasteiger partial charge >= 0.3 is 0 Å². The highest BCUT2D eigenvalue weighted by Gasteiger charge is 2.23. The van der Waals surface area contributed by atoms with E-state index in [-0.39, 0.29) is 10.6 Å². The SMILES string of the molecule is NC1CCN(CCCCCc2cc(F)c(S(=O)(=O)Cc3nccs3)cc2Cl)CC1.